The molecule has 3 N–H and O–H groups in total. The van der Waals surface area contributed by atoms with Gasteiger partial charge in [0.25, 0.3) is 5.91 Å². The third-order valence-electron chi connectivity index (χ3n) is 3.65. The lowest BCUT2D eigenvalue weighted by atomic mass is 10.1. The van der Waals surface area contributed by atoms with Gasteiger partial charge in [-0.3, -0.25) is 9.59 Å². The van der Waals surface area contributed by atoms with E-state index in [1.807, 2.05) is 37.3 Å². The van der Waals surface area contributed by atoms with Crippen LogP contribution in [-0.2, 0) is 0 Å². The molecule has 2 aromatic carbocycles. The first-order valence-electron chi connectivity index (χ1n) is 7.24. The number of rotatable bonds is 4. The zero-order valence-corrected chi connectivity index (χ0v) is 12.6. The van der Waals surface area contributed by atoms with E-state index in [9.17, 15) is 9.59 Å². The Hall–Kier alpha value is -3.08. The van der Waals surface area contributed by atoms with Crippen molar-refractivity contribution in [2.45, 2.75) is 13.0 Å². The molecule has 23 heavy (non-hydrogen) atoms. The quantitative estimate of drug-likeness (QED) is 0.777. The van der Waals surface area contributed by atoms with Gasteiger partial charge in [0, 0.05) is 16.5 Å². The molecular formula is C18H16N2O3. The molecule has 5 nitrogen and oxygen atoms in total. The molecule has 1 atom stereocenters. The maximum Gasteiger partial charge on any atom is 0.251 e. The number of fused-ring (bicyclic) bond motifs is 1. The summed E-state index contributed by atoms with van der Waals surface area (Å²) in [5.41, 5.74) is 6.79. The van der Waals surface area contributed by atoms with Gasteiger partial charge < -0.3 is 15.5 Å². The van der Waals surface area contributed by atoms with E-state index in [0.717, 1.165) is 11.0 Å². The van der Waals surface area contributed by atoms with Gasteiger partial charge in [-0.25, -0.2) is 0 Å². The molecular weight excluding hydrogens is 292 g/mol. The predicted molar refractivity (Wildman–Crippen MR) is 87.1 cm³/mol. The van der Waals surface area contributed by atoms with Crippen molar-refractivity contribution in [3.63, 3.8) is 0 Å². The minimum absolute atomic E-state index is 0.242. The van der Waals surface area contributed by atoms with Crippen LogP contribution in [0, 0.1) is 0 Å². The second kappa shape index (κ2) is 5.96. The topological polar surface area (TPSA) is 85.3 Å². The SMILES string of the molecule is C[C@@H](NC(=O)c1ccc(C(N)=O)cc1)c1cc2ccccc2o1. The van der Waals surface area contributed by atoms with Gasteiger partial charge >= 0.3 is 0 Å². The number of hydrogen-bond donors (Lipinski definition) is 2. The van der Waals surface area contributed by atoms with Crippen LogP contribution in [0.1, 0.15) is 39.4 Å². The maximum atomic E-state index is 12.3. The first-order valence-corrected chi connectivity index (χ1v) is 7.24. The molecule has 1 aromatic heterocycles. The van der Waals surface area contributed by atoms with Crippen LogP contribution in [0.5, 0.6) is 0 Å². The number of furan rings is 1. The van der Waals surface area contributed by atoms with Crippen molar-refractivity contribution in [2.75, 3.05) is 0 Å². The van der Waals surface area contributed by atoms with Gasteiger partial charge in [0.2, 0.25) is 5.91 Å². The Morgan fingerprint density at radius 2 is 1.70 bits per heavy atom. The summed E-state index contributed by atoms with van der Waals surface area (Å²) in [6.45, 7) is 1.85. The highest BCUT2D eigenvalue weighted by atomic mass is 16.3. The summed E-state index contributed by atoms with van der Waals surface area (Å²) in [6, 6.07) is 15.5. The molecule has 0 radical (unpaired) electrons. The molecule has 0 saturated heterocycles. The second-order valence-corrected chi connectivity index (χ2v) is 5.32. The Bertz CT molecular complexity index is 832. The number of nitrogens with one attached hydrogen (secondary N) is 1. The van der Waals surface area contributed by atoms with Crippen molar-refractivity contribution in [1.82, 2.24) is 5.32 Å². The molecule has 0 aliphatic carbocycles. The van der Waals surface area contributed by atoms with E-state index in [1.54, 1.807) is 12.1 Å². The van der Waals surface area contributed by atoms with Gasteiger partial charge in [0.05, 0.1) is 6.04 Å². The number of para-hydroxylation sites is 1. The van der Waals surface area contributed by atoms with E-state index in [2.05, 4.69) is 5.32 Å². The molecule has 0 aliphatic heterocycles. The fourth-order valence-electron chi connectivity index (χ4n) is 2.35. The van der Waals surface area contributed by atoms with E-state index < -0.39 is 5.91 Å². The number of carbonyl (C=O) groups is 2. The molecule has 3 aromatic rings. The molecule has 0 spiro atoms. The summed E-state index contributed by atoms with van der Waals surface area (Å²) >= 11 is 0. The molecule has 0 fully saturated rings. The zero-order valence-electron chi connectivity index (χ0n) is 12.6. The van der Waals surface area contributed by atoms with Gasteiger partial charge in [0.15, 0.2) is 0 Å². The summed E-state index contributed by atoms with van der Waals surface area (Å²) in [5, 5.41) is 3.87. The number of primary amides is 1. The van der Waals surface area contributed by atoms with Crippen LogP contribution in [0.4, 0.5) is 0 Å². The van der Waals surface area contributed by atoms with E-state index in [-0.39, 0.29) is 11.9 Å². The van der Waals surface area contributed by atoms with Gasteiger partial charge in [-0.1, -0.05) is 18.2 Å². The minimum Gasteiger partial charge on any atom is -0.459 e. The average molecular weight is 308 g/mol. The van der Waals surface area contributed by atoms with E-state index in [0.29, 0.717) is 16.9 Å². The Labute approximate surface area is 133 Å². The Morgan fingerprint density at radius 1 is 1.04 bits per heavy atom. The van der Waals surface area contributed by atoms with E-state index >= 15 is 0 Å². The summed E-state index contributed by atoms with van der Waals surface area (Å²) in [5.74, 6) is -0.0742. The molecule has 1 heterocycles. The number of benzene rings is 2. The fourth-order valence-corrected chi connectivity index (χ4v) is 2.35. The molecule has 0 bridgehead atoms. The fraction of sp³-hybridized carbons (Fsp3) is 0.111. The molecule has 0 saturated carbocycles. The van der Waals surface area contributed by atoms with Crippen LogP contribution < -0.4 is 11.1 Å². The highest BCUT2D eigenvalue weighted by molar-refractivity contribution is 5.97. The number of carbonyl (C=O) groups excluding carboxylic acids is 2. The average Bonchev–Trinajstić information content (AvgIpc) is 2.99. The van der Waals surface area contributed by atoms with Gasteiger partial charge in [-0.05, 0) is 43.3 Å². The van der Waals surface area contributed by atoms with Crippen LogP contribution in [-0.4, -0.2) is 11.8 Å². The van der Waals surface area contributed by atoms with Crippen LogP contribution in [0.3, 0.4) is 0 Å². The van der Waals surface area contributed by atoms with Crippen molar-refractivity contribution >= 4 is 22.8 Å². The normalized spacial score (nSPS) is 12.0. The molecule has 116 valence electrons. The first-order chi connectivity index (χ1) is 11.0. The van der Waals surface area contributed by atoms with Gasteiger partial charge in [0.1, 0.15) is 11.3 Å². The van der Waals surface area contributed by atoms with Crippen molar-refractivity contribution in [3.8, 4) is 0 Å². The second-order valence-electron chi connectivity index (χ2n) is 5.32. The molecule has 0 aliphatic rings. The monoisotopic (exact) mass is 308 g/mol. The van der Waals surface area contributed by atoms with Crippen LogP contribution >= 0.6 is 0 Å². The lowest BCUT2D eigenvalue weighted by molar-refractivity contribution is 0.0933. The first kappa shape index (κ1) is 14.8. The Kier molecular flexibility index (Phi) is 3.85. The van der Waals surface area contributed by atoms with Crippen LogP contribution in [0.2, 0.25) is 0 Å². The maximum absolute atomic E-state index is 12.3. The summed E-state index contributed by atoms with van der Waals surface area (Å²) in [7, 11) is 0. The Balaban J connectivity index is 1.74. The van der Waals surface area contributed by atoms with Gasteiger partial charge in [-0.2, -0.15) is 0 Å². The van der Waals surface area contributed by atoms with Crippen molar-refractivity contribution in [1.29, 1.82) is 0 Å². The molecule has 5 heteroatoms. The predicted octanol–water partition coefficient (Wildman–Crippen LogP) is 3.02. The standard InChI is InChI=1S/C18H16N2O3/c1-11(16-10-14-4-2-3-5-15(14)23-16)20-18(22)13-8-6-12(7-9-13)17(19)21/h2-11H,1H3,(H2,19,21)(H,20,22)/t11-/m1/s1. The number of hydrogen-bond acceptors (Lipinski definition) is 3. The third kappa shape index (κ3) is 3.08. The van der Waals surface area contributed by atoms with E-state index in [4.69, 9.17) is 10.2 Å². The summed E-state index contributed by atoms with van der Waals surface area (Å²) in [4.78, 5) is 23.3. The zero-order chi connectivity index (χ0) is 16.4. The highest BCUT2D eigenvalue weighted by Gasteiger charge is 2.15. The minimum atomic E-state index is -0.521. The van der Waals surface area contributed by atoms with Crippen molar-refractivity contribution in [3.05, 3.63) is 71.5 Å². The lowest BCUT2D eigenvalue weighted by Crippen LogP contribution is -2.26. The Morgan fingerprint density at radius 3 is 2.35 bits per heavy atom. The lowest BCUT2D eigenvalue weighted by Gasteiger charge is -2.11. The largest absolute Gasteiger partial charge is 0.459 e. The van der Waals surface area contributed by atoms with Crippen LogP contribution in [0.25, 0.3) is 11.0 Å². The number of nitrogens with two attached hydrogens (primary N) is 1. The van der Waals surface area contributed by atoms with Crippen molar-refractivity contribution < 1.29 is 14.0 Å². The molecule has 3 rings (SSSR count). The molecule has 2 amide bonds. The highest BCUT2D eigenvalue weighted by Crippen LogP contribution is 2.23. The number of amides is 2. The molecule has 0 unspecified atom stereocenters. The summed E-state index contributed by atoms with van der Waals surface area (Å²) in [6.07, 6.45) is 0. The van der Waals surface area contributed by atoms with Gasteiger partial charge in [-0.15, -0.1) is 0 Å². The van der Waals surface area contributed by atoms with Crippen molar-refractivity contribution in [2.24, 2.45) is 5.73 Å². The van der Waals surface area contributed by atoms with Crippen LogP contribution in [0.15, 0.2) is 59.0 Å². The third-order valence-corrected chi connectivity index (χ3v) is 3.65. The smallest absolute Gasteiger partial charge is 0.251 e. The van der Waals surface area contributed by atoms with E-state index in [1.165, 1.54) is 12.1 Å². The summed E-state index contributed by atoms with van der Waals surface area (Å²) < 4.78 is 5.74.